The van der Waals surface area contributed by atoms with E-state index in [1.807, 2.05) is 6.07 Å². The highest BCUT2D eigenvalue weighted by molar-refractivity contribution is 5.85. The van der Waals surface area contributed by atoms with Gasteiger partial charge in [0.1, 0.15) is 11.8 Å². The lowest BCUT2D eigenvalue weighted by Crippen LogP contribution is -2.44. The van der Waals surface area contributed by atoms with Crippen LogP contribution < -0.4 is 10.1 Å². The first-order valence-corrected chi connectivity index (χ1v) is 5.25. The molecule has 0 aliphatic carbocycles. The topological polar surface area (TPSA) is 75.6 Å². The molecule has 0 radical (unpaired) electrons. The van der Waals surface area contributed by atoms with E-state index in [1.165, 1.54) is 6.92 Å². The van der Waals surface area contributed by atoms with E-state index in [0.717, 1.165) is 0 Å². The Bertz CT molecular complexity index is 391. The molecule has 2 N–H and O–H groups in total. The summed E-state index contributed by atoms with van der Waals surface area (Å²) in [6.07, 6.45) is -0.737. The molecule has 0 saturated heterocycles. The zero-order valence-electron chi connectivity index (χ0n) is 9.71. The lowest BCUT2D eigenvalue weighted by atomic mass is 10.3. The molecule has 2 atom stereocenters. The fourth-order valence-electron chi connectivity index (χ4n) is 1.15. The molecule has 17 heavy (non-hydrogen) atoms. The van der Waals surface area contributed by atoms with Crippen LogP contribution in [0.1, 0.15) is 13.8 Å². The largest absolute Gasteiger partial charge is 0.481 e. The standard InChI is InChI=1S/C12H15NO4/c1-8(12(15)16)13-11(14)9(2)17-10-6-4-3-5-7-10/h3-9H,1-2H3,(H,13,14)(H,15,16)/t8-,9?/m1/s1. The second-order valence-electron chi connectivity index (χ2n) is 3.64. The van der Waals surface area contributed by atoms with E-state index < -0.39 is 24.0 Å². The first kappa shape index (κ1) is 13.0. The highest BCUT2D eigenvalue weighted by Crippen LogP contribution is 2.10. The van der Waals surface area contributed by atoms with Crippen molar-refractivity contribution < 1.29 is 19.4 Å². The summed E-state index contributed by atoms with van der Waals surface area (Å²) < 4.78 is 5.35. The van der Waals surface area contributed by atoms with Gasteiger partial charge >= 0.3 is 5.97 Å². The molecule has 0 saturated carbocycles. The number of aliphatic carboxylic acids is 1. The van der Waals surface area contributed by atoms with Crippen LogP contribution in [0, 0.1) is 0 Å². The predicted molar refractivity (Wildman–Crippen MR) is 61.8 cm³/mol. The Hall–Kier alpha value is -2.04. The maximum atomic E-state index is 11.6. The quantitative estimate of drug-likeness (QED) is 0.802. The Morgan fingerprint density at radius 2 is 1.82 bits per heavy atom. The van der Waals surface area contributed by atoms with Gasteiger partial charge in [0.05, 0.1) is 0 Å². The summed E-state index contributed by atoms with van der Waals surface area (Å²) >= 11 is 0. The van der Waals surface area contributed by atoms with E-state index in [1.54, 1.807) is 31.2 Å². The smallest absolute Gasteiger partial charge is 0.325 e. The Labute approximate surface area is 99.4 Å². The molecule has 1 unspecified atom stereocenters. The molecule has 0 heterocycles. The van der Waals surface area contributed by atoms with Gasteiger partial charge in [0.15, 0.2) is 6.10 Å². The molecule has 1 aromatic carbocycles. The Morgan fingerprint density at radius 3 is 2.35 bits per heavy atom. The van der Waals surface area contributed by atoms with Crippen LogP contribution in [0.4, 0.5) is 0 Å². The molecule has 1 rings (SSSR count). The molecule has 0 aromatic heterocycles. The van der Waals surface area contributed by atoms with Crippen LogP contribution in [0.3, 0.4) is 0 Å². The second-order valence-corrected chi connectivity index (χ2v) is 3.64. The van der Waals surface area contributed by atoms with Crippen LogP contribution in [0.25, 0.3) is 0 Å². The predicted octanol–water partition coefficient (Wildman–Crippen LogP) is 1.04. The van der Waals surface area contributed by atoms with Crippen molar-refractivity contribution in [2.75, 3.05) is 0 Å². The van der Waals surface area contributed by atoms with Crippen LogP contribution in [0.5, 0.6) is 5.75 Å². The molecule has 0 spiro atoms. The number of amides is 1. The minimum Gasteiger partial charge on any atom is -0.481 e. The van der Waals surface area contributed by atoms with Crippen molar-refractivity contribution in [2.45, 2.75) is 26.0 Å². The number of hydrogen-bond donors (Lipinski definition) is 2. The van der Waals surface area contributed by atoms with Crippen molar-refractivity contribution in [3.05, 3.63) is 30.3 Å². The third-order valence-electron chi connectivity index (χ3n) is 2.15. The molecular weight excluding hydrogens is 222 g/mol. The number of rotatable bonds is 5. The highest BCUT2D eigenvalue weighted by Gasteiger charge is 2.19. The number of para-hydroxylation sites is 1. The van der Waals surface area contributed by atoms with E-state index in [9.17, 15) is 9.59 Å². The van der Waals surface area contributed by atoms with Crippen molar-refractivity contribution in [1.82, 2.24) is 5.32 Å². The SMILES string of the molecule is CC(Oc1ccccc1)C(=O)N[C@H](C)C(=O)O. The molecule has 1 aromatic rings. The van der Waals surface area contributed by atoms with Crippen molar-refractivity contribution >= 4 is 11.9 Å². The van der Waals surface area contributed by atoms with Crippen molar-refractivity contribution in [3.63, 3.8) is 0 Å². The first-order chi connectivity index (χ1) is 8.00. The fraction of sp³-hybridized carbons (Fsp3) is 0.333. The van der Waals surface area contributed by atoms with Gasteiger partial charge in [-0.05, 0) is 26.0 Å². The summed E-state index contributed by atoms with van der Waals surface area (Å²) in [7, 11) is 0. The van der Waals surface area contributed by atoms with Gasteiger partial charge in [-0.1, -0.05) is 18.2 Å². The summed E-state index contributed by atoms with van der Waals surface area (Å²) in [6, 6.07) is 7.95. The first-order valence-electron chi connectivity index (χ1n) is 5.25. The zero-order chi connectivity index (χ0) is 12.8. The summed E-state index contributed by atoms with van der Waals surface area (Å²) in [4.78, 5) is 22.1. The Balaban J connectivity index is 2.50. The van der Waals surface area contributed by atoms with Crippen molar-refractivity contribution in [3.8, 4) is 5.75 Å². The summed E-state index contributed by atoms with van der Waals surface area (Å²) in [6.45, 7) is 2.96. The molecule has 1 amide bonds. The van der Waals surface area contributed by atoms with Crippen LogP contribution >= 0.6 is 0 Å². The fourth-order valence-corrected chi connectivity index (χ4v) is 1.15. The Kier molecular flexibility index (Phi) is 4.51. The molecule has 0 bridgehead atoms. The lowest BCUT2D eigenvalue weighted by Gasteiger charge is -2.16. The van der Waals surface area contributed by atoms with Gasteiger partial charge < -0.3 is 15.2 Å². The van der Waals surface area contributed by atoms with E-state index in [0.29, 0.717) is 5.75 Å². The number of benzene rings is 1. The molecule has 92 valence electrons. The number of carboxylic acids is 1. The van der Waals surface area contributed by atoms with Gasteiger partial charge in [-0.3, -0.25) is 9.59 Å². The summed E-state index contributed by atoms with van der Waals surface area (Å²) in [5.41, 5.74) is 0. The summed E-state index contributed by atoms with van der Waals surface area (Å²) in [5, 5.41) is 11.0. The Morgan fingerprint density at radius 1 is 1.24 bits per heavy atom. The number of carboxylic acid groups (broad SMARTS) is 1. The van der Waals surface area contributed by atoms with Crippen LogP contribution in [-0.2, 0) is 9.59 Å². The molecular formula is C12H15NO4. The third kappa shape index (κ3) is 4.14. The molecule has 5 heteroatoms. The normalized spacial score (nSPS) is 13.5. The van der Waals surface area contributed by atoms with Crippen LogP contribution in [0.2, 0.25) is 0 Å². The molecule has 0 fully saturated rings. The average molecular weight is 237 g/mol. The van der Waals surface area contributed by atoms with Gasteiger partial charge in [0.2, 0.25) is 0 Å². The van der Waals surface area contributed by atoms with Gasteiger partial charge in [0.25, 0.3) is 5.91 Å². The number of ether oxygens (including phenoxy) is 1. The maximum absolute atomic E-state index is 11.6. The zero-order valence-corrected chi connectivity index (χ0v) is 9.71. The minimum atomic E-state index is -1.08. The highest BCUT2D eigenvalue weighted by atomic mass is 16.5. The van der Waals surface area contributed by atoms with Gasteiger partial charge in [0, 0.05) is 0 Å². The van der Waals surface area contributed by atoms with E-state index in [2.05, 4.69) is 5.32 Å². The van der Waals surface area contributed by atoms with Gasteiger partial charge in [-0.25, -0.2) is 0 Å². The molecule has 5 nitrogen and oxygen atoms in total. The second kappa shape index (κ2) is 5.89. The third-order valence-corrected chi connectivity index (χ3v) is 2.15. The van der Waals surface area contributed by atoms with Gasteiger partial charge in [-0.15, -0.1) is 0 Å². The molecule has 0 aliphatic rings. The monoisotopic (exact) mass is 237 g/mol. The van der Waals surface area contributed by atoms with E-state index >= 15 is 0 Å². The summed E-state index contributed by atoms with van der Waals surface area (Å²) in [5.74, 6) is -0.966. The average Bonchev–Trinajstić information content (AvgIpc) is 2.29. The lowest BCUT2D eigenvalue weighted by molar-refractivity contribution is -0.142. The number of carbonyl (C=O) groups is 2. The van der Waals surface area contributed by atoms with Crippen LogP contribution in [0.15, 0.2) is 30.3 Å². The van der Waals surface area contributed by atoms with Gasteiger partial charge in [-0.2, -0.15) is 0 Å². The van der Waals surface area contributed by atoms with E-state index in [-0.39, 0.29) is 0 Å². The maximum Gasteiger partial charge on any atom is 0.325 e. The number of carbonyl (C=O) groups excluding carboxylic acids is 1. The van der Waals surface area contributed by atoms with Crippen molar-refractivity contribution in [2.24, 2.45) is 0 Å². The molecule has 0 aliphatic heterocycles. The number of hydrogen-bond acceptors (Lipinski definition) is 3. The van der Waals surface area contributed by atoms with Crippen molar-refractivity contribution in [1.29, 1.82) is 0 Å². The minimum absolute atomic E-state index is 0.455. The van der Waals surface area contributed by atoms with Crippen LogP contribution in [-0.4, -0.2) is 29.1 Å². The van der Waals surface area contributed by atoms with E-state index in [4.69, 9.17) is 9.84 Å². The number of nitrogens with one attached hydrogen (secondary N) is 1.